The second kappa shape index (κ2) is 5.89. The number of aryl methyl sites for hydroxylation is 1. The van der Waals surface area contributed by atoms with Crippen LogP contribution in [0.25, 0.3) is 11.0 Å². The highest BCUT2D eigenvalue weighted by atomic mass is 79.9. The summed E-state index contributed by atoms with van der Waals surface area (Å²) in [5.74, 6) is -1.69. The van der Waals surface area contributed by atoms with Gasteiger partial charge >= 0.3 is 5.97 Å². The van der Waals surface area contributed by atoms with Crippen molar-refractivity contribution in [2.75, 3.05) is 0 Å². The Morgan fingerprint density at radius 2 is 1.95 bits per heavy atom. The van der Waals surface area contributed by atoms with E-state index in [1.54, 1.807) is 19.9 Å². The number of carbonyl (C=O) groups is 2. The lowest BCUT2D eigenvalue weighted by molar-refractivity contribution is -0.140. The van der Waals surface area contributed by atoms with Crippen molar-refractivity contribution in [3.05, 3.63) is 34.0 Å². The van der Waals surface area contributed by atoms with E-state index in [4.69, 9.17) is 9.52 Å². The van der Waals surface area contributed by atoms with Gasteiger partial charge in [-0.1, -0.05) is 29.8 Å². The SMILES string of the molecule is Cc1cc(Br)cc2cc(C(=O)N[C@@H](C(=O)O)C(C)C)oc12. The Morgan fingerprint density at radius 1 is 1.29 bits per heavy atom. The molecule has 112 valence electrons. The summed E-state index contributed by atoms with van der Waals surface area (Å²) in [5.41, 5.74) is 1.52. The molecular formula is C15H16BrNO4. The first-order valence-corrected chi connectivity index (χ1v) is 7.32. The second-order valence-electron chi connectivity index (χ2n) is 5.29. The van der Waals surface area contributed by atoms with Crippen molar-refractivity contribution >= 4 is 38.8 Å². The van der Waals surface area contributed by atoms with Crippen molar-refractivity contribution in [1.29, 1.82) is 0 Å². The number of carbonyl (C=O) groups excluding carboxylic acids is 1. The molecule has 2 rings (SSSR count). The van der Waals surface area contributed by atoms with Gasteiger partial charge in [-0.05, 0) is 36.6 Å². The number of hydrogen-bond acceptors (Lipinski definition) is 3. The maximum absolute atomic E-state index is 12.1. The number of rotatable bonds is 4. The van der Waals surface area contributed by atoms with E-state index in [-0.39, 0.29) is 11.7 Å². The summed E-state index contributed by atoms with van der Waals surface area (Å²) in [6.45, 7) is 5.35. The molecule has 6 heteroatoms. The highest BCUT2D eigenvalue weighted by Gasteiger charge is 2.25. The molecule has 1 atom stereocenters. The Labute approximate surface area is 130 Å². The topological polar surface area (TPSA) is 79.5 Å². The molecule has 0 bridgehead atoms. The quantitative estimate of drug-likeness (QED) is 0.883. The van der Waals surface area contributed by atoms with Crippen molar-refractivity contribution in [3.63, 3.8) is 0 Å². The van der Waals surface area contributed by atoms with Gasteiger partial charge in [0.1, 0.15) is 11.6 Å². The largest absolute Gasteiger partial charge is 0.480 e. The summed E-state index contributed by atoms with van der Waals surface area (Å²) in [4.78, 5) is 23.3. The van der Waals surface area contributed by atoms with Gasteiger partial charge in [-0.2, -0.15) is 0 Å². The molecule has 2 N–H and O–H groups in total. The molecule has 0 radical (unpaired) electrons. The van der Waals surface area contributed by atoms with E-state index >= 15 is 0 Å². The van der Waals surface area contributed by atoms with Crippen LogP contribution in [0.2, 0.25) is 0 Å². The fourth-order valence-corrected chi connectivity index (χ4v) is 2.71. The van der Waals surface area contributed by atoms with Crippen LogP contribution in [0.4, 0.5) is 0 Å². The van der Waals surface area contributed by atoms with Crippen LogP contribution < -0.4 is 5.32 Å². The third-order valence-corrected chi connectivity index (χ3v) is 3.67. The van der Waals surface area contributed by atoms with Crippen LogP contribution in [0.15, 0.2) is 27.1 Å². The van der Waals surface area contributed by atoms with Gasteiger partial charge in [0.2, 0.25) is 0 Å². The zero-order valence-electron chi connectivity index (χ0n) is 11.9. The number of fused-ring (bicyclic) bond motifs is 1. The number of amides is 1. The van der Waals surface area contributed by atoms with Gasteiger partial charge in [0.25, 0.3) is 5.91 Å². The fraction of sp³-hybridized carbons (Fsp3) is 0.333. The van der Waals surface area contributed by atoms with E-state index in [0.29, 0.717) is 5.58 Å². The molecule has 21 heavy (non-hydrogen) atoms. The Morgan fingerprint density at radius 3 is 2.52 bits per heavy atom. The first kappa shape index (κ1) is 15.6. The molecule has 1 aromatic carbocycles. The molecule has 1 aromatic heterocycles. The van der Waals surface area contributed by atoms with E-state index in [1.807, 2.05) is 19.1 Å². The summed E-state index contributed by atoms with van der Waals surface area (Å²) in [7, 11) is 0. The van der Waals surface area contributed by atoms with Crippen molar-refractivity contribution in [1.82, 2.24) is 5.32 Å². The van der Waals surface area contributed by atoms with Crippen molar-refractivity contribution < 1.29 is 19.1 Å². The van der Waals surface area contributed by atoms with Gasteiger partial charge in [0.05, 0.1) is 0 Å². The number of halogens is 1. The zero-order chi connectivity index (χ0) is 15.7. The molecule has 0 unspecified atom stereocenters. The smallest absolute Gasteiger partial charge is 0.326 e. The van der Waals surface area contributed by atoms with Crippen LogP contribution in [0, 0.1) is 12.8 Å². The lowest BCUT2D eigenvalue weighted by Crippen LogP contribution is -2.44. The van der Waals surface area contributed by atoms with E-state index in [0.717, 1.165) is 15.4 Å². The number of furan rings is 1. The van der Waals surface area contributed by atoms with Crippen LogP contribution in [-0.4, -0.2) is 23.0 Å². The molecule has 0 saturated heterocycles. The van der Waals surface area contributed by atoms with Gasteiger partial charge < -0.3 is 14.8 Å². The average Bonchev–Trinajstić information content (AvgIpc) is 2.78. The molecule has 2 aromatic rings. The number of hydrogen-bond donors (Lipinski definition) is 2. The van der Waals surface area contributed by atoms with E-state index in [1.165, 1.54) is 0 Å². The molecule has 0 aliphatic rings. The molecule has 1 heterocycles. The third-order valence-electron chi connectivity index (χ3n) is 3.21. The normalized spacial score (nSPS) is 12.6. The summed E-state index contributed by atoms with van der Waals surface area (Å²) in [5, 5.41) is 12.4. The molecule has 0 spiro atoms. The summed E-state index contributed by atoms with van der Waals surface area (Å²) in [6.07, 6.45) is 0. The van der Waals surface area contributed by atoms with Crippen LogP contribution >= 0.6 is 15.9 Å². The van der Waals surface area contributed by atoms with E-state index in [9.17, 15) is 9.59 Å². The Hall–Kier alpha value is -1.82. The second-order valence-corrected chi connectivity index (χ2v) is 6.20. The molecule has 0 aliphatic carbocycles. The van der Waals surface area contributed by atoms with Crippen LogP contribution in [0.1, 0.15) is 30.0 Å². The third kappa shape index (κ3) is 3.26. The zero-order valence-corrected chi connectivity index (χ0v) is 13.5. The predicted molar refractivity (Wildman–Crippen MR) is 82.4 cm³/mol. The average molecular weight is 354 g/mol. The highest BCUT2D eigenvalue weighted by Crippen LogP contribution is 2.27. The number of benzene rings is 1. The number of nitrogens with one attached hydrogen (secondary N) is 1. The van der Waals surface area contributed by atoms with Crippen molar-refractivity contribution in [2.24, 2.45) is 5.92 Å². The lowest BCUT2D eigenvalue weighted by Gasteiger charge is -2.16. The summed E-state index contributed by atoms with van der Waals surface area (Å²) < 4.78 is 6.44. The Kier molecular flexibility index (Phi) is 4.37. The number of carboxylic acid groups (broad SMARTS) is 1. The maximum Gasteiger partial charge on any atom is 0.326 e. The van der Waals surface area contributed by atoms with Crippen LogP contribution in [-0.2, 0) is 4.79 Å². The maximum atomic E-state index is 12.1. The van der Waals surface area contributed by atoms with Gasteiger partial charge in [0, 0.05) is 9.86 Å². The fourth-order valence-electron chi connectivity index (χ4n) is 2.12. The minimum atomic E-state index is -1.06. The van der Waals surface area contributed by atoms with Gasteiger partial charge in [-0.25, -0.2) is 4.79 Å². The molecule has 0 saturated carbocycles. The molecule has 1 amide bonds. The van der Waals surface area contributed by atoms with Crippen LogP contribution in [0.5, 0.6) is 0 Å². The molecule has 5 nitrogen and oxygen atoms in total. The summed E-state index contributed by atoms with van der Waals surface area (Å²) >= 11 is 3.39. The number of carboxylic acids is 1. The van der Waals surface area contributed by atoms with Gasteiger partial charge in [-0.3, -0.25) is 4.79 Å². The van der Waals surface area contributed by atoms with E-state index < -0.39 is 17.9 Å². The standard InChI is InChI=1S/C15H16BrNO4/c1-7(2)12(15(19)20)17-14(18)11-6-9-5-10(16)4-8(3)13(9)21-11/h4-7,12H,1-3H3,(H,17,18)(H,19,20)/t12-/m1/s1. The molecule has 0 fully saturated rings. The van der Waals surface area contributed by atoms with Crippen molar-refractivity contribution in [2.45, 2.75) is 26.8 Å². The predicted octanol–water partition coefficient (Wildman–Crippen LogP) is 3.34. The minimum absolute atomic E-state index is 0.109. The summed E-state index contributed by atoms with van der Waals surface area (Å²) in [6, 6.07) is 4.40. The molecule has 0 aliphatic heterocycles. The van der Waals surface area contributed by atoms with Crippen LogP contribution in [0.3, 0.4) is 0 Å². The van der Waals surface area contributed by atoms with E-state index in [2.05, 4.69) is 21.2 Å². The highest BCUT2D eigenvalue weighted by molar-refractivity contribution is 9.10. The van der Waals surface area contributed by atoms with Crippen molar-refractivity contribution in [3.8, 4) is 0 Å². The number of aliphatic carboxylic acids is 1. The van der Waals surface area contributed by atoms with Gasteiger partial charge in [0.15, 0.2) is 5.76 Å². The Balaban J connectivity index is 2.31. The Bertz CT molecular complexity index is 705. The minimum Gasteiger partial charge on any atom is -0.480 e. The first-order valence-electron chi connectivity index (χ1n) is 6.53. The first-order chi connectivity index (χ1) is 9.79. The lowest BCUT2D eigenvalue weighted by atomic mass is 10.0. The van der Waals surface area contributed by atoms with Gasteiger partial charge in [-0.15, -0.1) is 0 Å². The monoisotopic (exact) mass is 353 g/mol. The molecular weight excluding hydrogens is 338 g/mol.